The summed E-state index contributed by atoms with van der Waals surface area (Å²) in [6.07, 6.45) is 2.03. The molecule has 19 heavy (non-hydrogen) atoms. The molecule has 0 aliphatic carbocycles. The third-order valence-electron chi connectivity index (χ3n) is 3.14. The van der Waals surface area contributed by atoms with Gasteiger partial charge in [-0.25, -0.2) is 0 Å². The summed E-state index contributed by atoms with van der Waals surface area (Å²) in [5.41, 5.74) is 9.11. The maximum Gasteiger partial charge on any atom is 0.122 e. The van der Waals surface area contributed by atoms with Crippen molar-refractivity contribution in [3.8, 4) is 16.9 Å². The summed E-state index contributed by atoms with van der Waals surface area (Å²) in [7, 11) is 0. The van der Waals surface area contributed by atoms with E-state index in [1.54, 1.807) is 0 Å². The summed E-state index contributed by atoms with van der Waals surface area (Å²) in [5.74, 6) is 0.969. The fourth-order valence-corrected chi connectivity index (χ4v) is 2.05. The second-order valence-corrected chi connectivity index (χ2v) is 4.69. The zero-order valence-electron chi connectivity index (χ0n) is 11.4. The van der Waals surface area contributed by atoms with Gasteiger partial charge in [-0.1, -0.05) is 36.4 Å². The van der Waals surface area contributed by atoms with Crippen LogP contribution in [-0.4, -0.2) is 13.2 Å². The Morgan fingerprint density at radius 1 is 0.947 bits per heavy atom. The van der Waals surface area contributed by atoms with Crippen LogP contribution in [0.3, 0.4) is 0 Å². The van der Waals surface area contributed by atoms with Crippen molar-refractivity contribution in [3.63, 3.8) is 0 Å². The monoisotopic (exact) mass is 255 g/mol. The van der Waals surface area contributed by atoms with E-state index < -0.39 is 0 Å². The van der Waals surface area contributed by atoms with Gasteiger partial charge in [-0.05, 0) is 55.1 Å². The average molecular weight is 255 g/mol. The first-order valence-corrected chi connectivity index (χ1v) is 6.80. The molecule has 2 aromatic rings. The largest absolute Gasteiger partial charge is 0.493 e. The van der Waals surface area contributed by atoms with E-state index >= 15 is 0 Å². The quantitative estimate of drug-likeness (QED) is 0.797. The lowest BCUT2D eigenvalue weighted by Crippen LogP contribution is -2.04. The van der Waals surface area contributed by atoms with Crippen molar-refractivity contribution >= 4 is 0 Å². The molecule has 0 unspecified atom stereocenters. The van der Waals surface area contributed by atoms with Gasteiger partial charge in [0.1, 0.15) is 5.75 Å². The molecule has 2 N–H and O–H groups in total. The lowest BCUT2D eigenvalue weighted by atomic mass is 10.0. The van der Waals surface area contributed by atoms with Gasteiger partial charge in [-0.2, -0.15) is 0 Å². The van der Waals surface area contributed by atoms with Crippen molar-refractivity contribution in [3.05, 3.63) is 54.1 Å². The van der Waals surface area contributed by atoms with Gasteiger partial charge in [0.05, 0.1) is 6.61 Å². The normalized spacial score (nSPS) is 10.4. The molecule has 2 nitrogen and oxygen atoms in total. The molecule has 0 saturated carbocycles. The predicted molar refractivity (Wildman–Crippen MR) is 80.4 cm³/mol. The van der Waals surface area contributed by atoms with Gasteiger partial charge in [0.2, 0.25) is 0 Å². The van der Waals surface area contributed by atoms with Gasteiger partial charge in [0.15, 0.2) is 0 Å². The zero-order valence-corrected chi connectivity index (χ0v) is 11.4. The third-order valence-corrected chi connectivity index (χ3v) is 3.14. The molecule has 0 aromatic heterocycles. The highest BCUT2D eigenvalue weighted by Crippen LogP contribution is 2.26. The van der Waals surface area contributed by atoms with E-state index in [4.69, 9.17) is 10.5 Å². The standard InChI is InChI=1S/C17H21NO/c1-14-13-16(15-7-3-2-4-8-15)9-10-17(14)19-12-6-5-11-18/h2-4,7-10,13H,5-6,11-12,18H2,1H3. The molecule has 2 heteroatoms. The highest BCUT2D eigenvalue weighted by molar-refractivity contribution is 5.65. The predicted octanol–water partition coefficient (Wildman–Crippen LogP) is 3.78. The highest BCUT2D eigenvalue weighted by atomic mass is 16.5. The number of rotatable bonds is 6. The second kappa shape index (κ2) is 6.95. The SMILES string of the molecule is Cc1cc(-c2ccccc2)ccc1OCCCCN. The molecule has 0 amide bonds. The van der Waals surface area contributed by atoms with Crippen LogP contribution >= 0.6 is 0 Å². The molecule has 0 aliphatic rings. The molecule has 0 spiro atoms. The number of ether oxygens (including phenoxy) is 1. The molecule has 0 saturated heterocycles. The maximum absolute atomic E-state index is 5.77. The van der Waals surface area contributed by atoms with Crippen molar-refractivity contribution in [2.45, 2.75) is 19.8 Å². The van der Waals surface area contributed by atoms with E-state index in [0.29, 0.717) is 0 Å². The Kier molecular flexibility index (Phi) is 4.99. The Hall–Kier alpha value is -1.80. The first kappa shape index (κ1) is 13.6. The van der Waals surface area contributed by atoms with Crippen LogP contribution in [0.2, 0.25) is 0 Å². The molecule has 0 heterocycles. The van der Waals surface area contributed by atoms with E-state index in [1.165, 1.54) is 16.7 Å². The van der Waals surface area contributed by atoms with Crippen LogP contribution in [0.25, 0.3) is 11.1 Å². The number of unbranched alkanes of at least 4 members (excludes halogenated alkanes) is 1. The molecule has 100 valence electrons. The summed E-state index contributed by atoms with van der Waals surface area (Å²) in [4.78, 5) is 0. The lowest BCUT2D eigenvalue weighted by Gasteiger charge is -2.10. The minimum atomic E-state index is 0.731. The average Bonchev–Trinajstić information content (AvgIpc) is 2.46. The van der Waals surface area contributed by atoms with Crippen LogP contribution in [0.1, 0.15) is 18.4 Å². The van der Waals surface area contributed by atoms with Crippen molar-refractivity contribution in [1.82, 2.24) is 0 Å². The summed E-state index contributed by atoms with van der Waals surface area (Å²) in [6.45, 7) is 3.56. The summed E-state index contributed by atoms with van der Waals surface area (Å²) >= 11 is 0. The Balaban J connectivity index is 2.05. The summed E-state index contributed by atoms with van der Waals surface area (Å²) < 4.78 is 5.77. The van der Waals surface area contributed by atoms with Gasteiger partial charge in [-0.15, -0.1) is 0 Å². The van der Waals surface area contributed by atoms with Gasteiger partial charge >= 0.3 is 0 Å². The Morgan fingerprint density at radius 2 is 1.74 bits per heavy atom. The topological polar surface area (TPSA) is 35.2 Å². The molecule has 2 rings (SSSR count). The van der Waals surface area contributed by atoms with E-state index in [9.17, 15) is 0 Å². The highest BCUT2D eigenvalue weighted by Gasteiger charge is 2.02. The fourth-order valence-electron chi connectivity index (χ4n) is 2.05. The molecule has 0 fully saturated rings. The lowest BCUT2D eigenvalue weighted by molar-refractivity contribution is 0.306. The van der Waals surface area contributed by atoms with E-state index in [0.717, 1.165) is 31.7 Å². The van der Waals surface area contributed by atoms with Crippen LogP contribution in [0.4, 0.5) is 0 Å². The van der Waals surface area contributed by atoms with Gasteiger partial charge < -0.3 is 10.5 Å². The van der Waals surface area contributed by atoms with Crippen molar-refractivity contribution in [1.29, 1.82) is 0 Å². The molecule has 0 radical (unpaired) electrons. The Morgan fingerprint density at radius 3 is 2.42 bits per heavy atom. The minimum Gasteiger partial charge on any atom is -0.493 e. The van der Waals surface area contributed by atoms with Gasteiger partial charge in [-0.3, -0.25) is 0 Å². The number of aryl methyl sites for hydroxylation is 1. The fraction of sp³-hybridized carbons (Fsp3) is 0.294. The first-order valence-electron chi connectivity index (χ1n) is 6.80. The third kappa shape index (κ3) is 3.83. The molecule has 0 atom stereocenters. The molecule has 2 aromatic carbocycles. The van der Waals surface area contributed by atoms with E-state index in [1.807, 2.05) is 6.07 Å². The number of hydrogen-bond acceptors (Lipinski definition) is 2. The van der Waals surface area contributed by atoms with Crippen molar-refractivity contribution in [2.75, 3.05) is 13.2 Å². The van der Waals surface area contributed by atoms with E-state index in [2.05, 4.69) is 49.4 Å². The minimum absolute atomic E-state index is 0.731. The van der Waals surface area contributed by atoms with Crippen LogP contribution in [0, 0.1) is 6.92 Å². The number of benzene rings is 2. The molecule has 0 bridgehead atoms. The van der Waals surface area contributed by atoms with Crippen LogP contribution in [-0.2, 0) is 0 Å². The van der Waals surface area contributed by atoms with Crippen LogP contribution in [0.5, 0.6) is 5.75 Å². The first-order chi connectivity index (χ1) is 9.31. The maximum atomic E-state index is 5.77. The Bertz CT molecular complexity index is 508. The van der Waals surface area contributed by atoms with Gasteiger partial charge in [0, 0.05) is 0 Å². The van der Waals surface area contributed by atoms with Crippen LogP contribution < -0.4 is 10.5 Å². The van der Waals surface area contributed by atoms with Gasteiger partial charge in [0.25, 0.3) is 0 Å². The second-order valence-electron chi connectivity index (χ2n) is 4.69. The van der Waals surface area contributed by atoms with Crippen LogP contribution in [0.15, 0.2) is 48.5 Å². The molecule has 0 aliphatic heterocycles. The van der Waals surface area contributed by atoms with Crippen molar-refractivity contribution < 1.29 is 4.74 Å². The smallest absolute Gasteiger partial charge is 0.122 e. The molecular weight excluding hydrogens is 234 g/mol. The molecular formula is C17H21NO. The van der Waals surface area contributed by atoms with E-state index in [-0.39, 0.29) is 0 Å². The summed E-state index contributed by atoms with van der Waals surface area (Å²) in [6, 6.07) is 16.7. The number of nitrogens with two attached hydrogens (primary N) is 1. The number of hydrogen-bond donors (Lipinski definition) is 1. The van der Waals surface area contributed by atoms with Crippen molar-refractivity contribution in [2.24, 2.45) is 5.73 Å². The summed E-state index contributed by atoms with van der Waals surface area (Å²) in [5, 5.41) is 0. The zero-order chi connectivity index (χ0) is 13.5. The Labute approximate surface area is 115 Å².